The highest BCUT2D eigenvalue weighted by Gasteiger charge is 2.19. The highest BCUT2D eigenvalue weighted by molar-refractivity contribution is 6.33. The number of piperazine rings is 1. The summed E-state index contributed by atoms with van der Waals surface area (Å²) in [6.07, 6.45) is 0. The fourth-order valence-electron chi connectivity index (χ4n) is 2.80. The van der Waals surface area contributed by atoms with Gasteiger partial charge in [0.2, 0.25) is 0 Å². The number of para-hydroxylation sites is 1. The minimum atomic E-state index is 0.836. The Morgan fingerprint density at radius 1 is 1.10 bits per heavy atom. The second kappa shape index (κ2) is 6.12. The molecule has 0 N–H and O–H groups in total. The van der Waals surface area contributed by atoms with Crippen LogP contribution in [-0.2, 0) is 6.54 Å². The third-order valence-electron chi connectivity index (χ3n) is 4.16. The molecule has 112 valence electrons. The van der Waals surface area contributed by atoms with Crippen LogP contribution in [0.2, 0.25) is 5.02 Å². The molecular weight excluding hydrogens is 284 g/mol. The average molecular weight is 305 g/mol. The number of halogens is 1. The number of hydrogen-bond acceptors (Lipinski definition) is 3. The third-order valence-corrected chi connectivity index (χ3v) is 4.48. The van der Waals surface area contributed by atoms with Crippen molar-refractivity contribution >= 4 is 17.3 Å². The lowest BCUT2D eigenvalue weighted by atomic mass is 10.2. The molecule has 1 aliphatic heterocycles. The Morgan fingerprint density at radius 2 is 1.81 bits per heavy atom. The molecule has 0 spiro atoms. The molecule has 1 aliphatic rings. The van der Waals surface area contributed by atoms with Crippen LogP contribution in [-0.4, -0.2) is 31.1 Å². The van der Waals surface area contributed by atoms with Gasteiger partial charge in [-0.1, -0.05) is 23.7 Å². The van der Waals surface area contributed by atoms with Gasteiger partial charge in [-0.3, -0.25) is 4.90 Å². The predicted molar refractivity (Wildman–Crippen MR) is 87.1 cm³/mol. The van der Waals surface area contributed by atoms with Gasteiger partial charge in [-0.05, 0) is 37.6 Å². The zero-order chi connectivity index (χ0) is 14.8. The molecule has 1 saturated heterocycles. The quantitative estimate of drug-likeness (QED) is 0.858. The fraction of sp³-hybridized carbons (Fsp3) is 0.412. The first-order valence-corrected chi connectivity index (χ1v) is 7.79. The number of benzene rings is 1. The van der Waals surface area contributed by atoms with E-state index in [0.29, 0.717) is 0 Å². The van der Waals surface area contributed by atoms with Crippen molar-refractivity contribution in [1.82, 2.24) is 4.90 Å². The van der Waals surface area contributed by atoms with Gasteiger partial charge in [0.25, 0.3) is 0 Å². The first kappa shape index (κ1) is 14.5. The monoisotopic (exact) mass is 304 g/mol. The minimum Gasteiger partial charge on any atom is -0.465 e. The van der Waals surface area contributed by atoms with Crippen molar-refractivity contribution in [1.29, 1.82) is 0 Å². The van der Waals surface area contributed by atoms with Gasteiger partial charge in [0.15, 0.2) is 0 Å². The van der Waals surface area contributed by atoms with E-state index in [1.54, 1.807) is 0 Å². The summed E-state index contributed by atoms with van der Waals surface area (Å²) in [6, 6.07) is 10.2. The molecule has 3 rings (SSSR count). The summed E-state index contributed by atoms with van der Waals surface area (Å²) >= 11 is 6.27. The van der Waals surface area contributed by atoms with Crippen LogP contribution in [0.25, 0.3) is 0 Å². The molecule has 0 bridgehead atoms. The van der Waals surface area contributed by atoms with E-state index in [9.17, 15) is 0 Å². The molecule has 0 unspecified atom stereocenters. The molecule has 0 saturated carbocycles. The summed E-state index contributed by atoms with van der Waals surface area (Å²) in [7, 11) is 0. The first-order valence-electron chi connectivity index (χ1n) is 7.41. The summed E-state index contributed by atoms with van der Waals surface area (Å²) in [5.41, 5.74) is 2.38. The van der Waals surface area contributed by atoms with E-state index < -0.39 is 0 Å². The Morgan fingerprint density at radius 3 is 2.43 bits per heavy atom. The molecule has 0 atom stereocenters. The summed E-state index contributed by atoms with van der Waals surface area (Å²) in [5.74, 6) is 2.09. The Labute approximate surface area is 131 Å². The topological polar surface area (TPSA) is 19.6 Å². The summed E-state index contributed by atoms with van der Waals surface area (Å²) < 4.78 is 5.77. The van der Waals surface area contributed by atoms with E-state index in [2.05, 4.69) is 28.9 Å². The fourth-order valence-corrected chi connectivity index (χ4v) is 3.06. The number of aryl methyl sites for hydroxylation is 2. The van der Waals surface area contributed by atoms with Gasteiger partial charge in [-0.2, -0.15) is 0 Å². The molecule has 0 amide bonds. The zero-order valence-corrected chi connectivity index (χ0v) is 13.4. The largest absolute Gasteiger partial charge is 0.465 e. The van der Waals surface area contributed by atoms with Gasteiger partial charge in [-0.15, -0.1) is 0 Å². The lowest BCUT2D eigenvalue weighted by Crippen LogP contribution is -2.46. The van der Waals surface area contributed by atoms with Crippen molar-refractivity contribution in [2.45, 2.75) is 20.4 Å². The summed E-state index contributed by atoms with van der Waals surface area (Å²) in [4.78, 5) is 4.79. The van der Waals surface area contributed by atoms with Gasteiger partial charge < -0.3 is 9.32 Å². The van der Waals surface area contributed by atoms with Crippen LogP contribution in [0.5, 0.6) is 0 Å². The number of rotatable bonds is 3. The lowest BCUT2D eigenvalue weighted by Gasteiger charge is -2.36. The maximum Gasteiger partial charge on any atom is 0.118 e. The molecule has 1 aromatic carbocycles. The van der Waals surface area contributed by atoms with Crippen molar-refractivity contribution in [2.24, 2.45) is 0 Å². The van der Waals surface area contributed by atoms with Crippen LogP contribution in [0.15, 0.2) is 34.7 Å². The normalized spacial score (nSPS) is 16.4. The van der Waals surface area contributed by atoms with Gasteiger partial charge >= 0.3 is 0 Å². The smallest absolute Gasteiger partial charge is 0.118 e. The number of anilines is 1. The van der Waals surface area contributed by atoms with Gasteiger partial charge in [0, 0.05) is 26.2 Å². The Bertz CT molecular complexity index is 596. The van der Waals surface area contributed by atoms with Crippen molar-refractivity contribution < 1.29 is 4.42 Å². The van der Waals surface area contributed by atoms with Crippen molar-refractivity contribution in [3.05, 3.63) is 52.4 Å². The van der Waals surface area contributed by atoms with Crippen LogP contribution in [0.3, 0.4) is 0 Å². The van der Waals surface area contributed by atoms with Crippen LogP contribution in [0, 0.1) is 13.8 Å². The van der Waals surface area contributed by atoms with Gasteiger partial charge in [-0.25, -0.2) is 0 Å². The van der Waals surface area contributed by atoms with Gasteiger partial charge in [0.05, 0.1) is 17.3 Å². The second-order valence-corrected chi connectivity index (χ2v) is 6.07. The van der Waals surface area contributed by atoms with Crippen molar-refractivity contribution in [3.8, 4) is 0 Å². The molecule has 1 aromatic heterocycles. The van der Waals surface area contributed by atoms with Crippen LogP contribution < -0.4 is 4.90 Å². The van der Waals surface area contributed by atoms with E-state index in [0.717, 1.165) is 55.0 Å². The lowest BCUT2D eigenvalue weighted by molar-refractivity contribution is 0.229. The number of hydrogen-bond donors (Lipinski definition) is 0. The van der Waals surface area contributed by atoms with Crippen molar-refractivity contribution in [3.63, 3.8) is 0 Å². The maximum absolute atomic E-state index is 6.27. The highest BCUT2D eigenvalue weighted by Crippen LogP contribution is 2.26. The molecular formula is C17H21ClN2O. The standard InChI is InChI=1S/C17H21ClN2O/c1-13-11-15(21-14(13)2)12-19-7-9-20(10-8-19)17-6-4-3-5-16(17)18/h3-6,11H,7-10,12H2,1-2H3. The Balaban J connectivity index is 1.59. The van der Waals surface area contributed by atoms with Gasteiger partial charge in [0.1, 0.15) is 11.5 Å². The van der Waals surface area contributed by atoms with E-state index >= 15 is 0 Å². The highest BCUT2D eigenvalue weighted by atomic mass is 35.5. The molecule has 3 nitrogen and oxygen atoms in total. The summed E-state index contributed by atoms with van der Waals surface area (Å²) in [5, 5.41) is 0.836. The van der Waals surface area contributed by atoms with E-state index in [1.165, 1.54) is 5.56 Å². The molecule has 4 heteroatoms. The first-order chi connectivity index (χ1) is 10.1. The van der Waals surface area contributed by atoms with Crippen molar-refractivity contribution in [2.75, 3.05) is 31.1 Å². The van der Waals surface area contributed by atoms with E-state index in [1.807, 2.05) is 25.1 Å². The Hall–Kier alpha value is -1.45. The molecule has 1 fully saturated rings. The molecule has 21 heavy (non-hydrogen) atoms. The SMILES string of the molecule is Cc1cc(CN2CCN(c3ccccc3Cl)CC2)oc1C. The third kappa shape index (κ3) is 3.25. The van der Waals surface area contributed by atoms with Crippen LogP contribution in [0.4, 0.5) is 5.69 Å². The minimum absolute atomic E-state index is 0.836. The van der Waals surface area contributed by atoms with Crippen LogP contribution in [0.1, 0.15) is 17.1 Å². The molecule has 2 aromatic rings. The average Bonchev–Trinajstić information content (AvgIpc) is 2.79. The molecule has 2 heterocycles. The predicted octanol–water partition coefficient (Wildman–Crippen LogP) is 3.87. The van der Waals surface area contributed by atoms with Crippen LogP contribution >= 0.6 is 11.6 Å². The second-order valence-electron chi connectivity index (χ2n) is 5.67. The van der Waals surface area contributed by atoms with E-state index in [-0.39, 0.29) is 0 Å². The zero-order valence-electron chi connectivity index (χ0n) is 12.6. The molecule has 0 aliphatic carbocycles. The van der Waals surface area contributed by atoms with E-state index in [4.69, 9.17) is 16.0 Å². The molecule has 0 radical (unpaired) electrons. The number of furan rings is 1. The number of nitrogens with zero attached hydrogens (tertiary/aromatic N) is 2. The Kier molecular flexibility index (Phi) is 4.22. The maximum atomic E-state index is 6.27. The summed E-state index contributed by atoms with van der Waals surface area (Å²) in [6.45, 7) is 9.08.